The first-order valence-corrected chi connectivity index (χ1v) is 5.42. The van der Waals surface area contributed by atoms with E-state index in [2.05, 4.69) is 15.3 Å². The van der Waals surface area contributed by atoms with Crippen molar-refractivity contribution < 1.29 is 0 Å². The van der Waals surface area contributed by atoms with Gasteiger partial charge in [0.2, 0.25) is 0 Å². The second-order valence-electron chi connectivity index (χ2n) is 3.19. The molecular weight excluding hydrogens is 208 g/mol. The molecule has 0 atom stereocenters. The molecule has 0 aliphatic rings. The van der Waals surface area contributed by atoms with Gasteiger partial charge in [0.15, 0.2) is 0 Å². The lowest BCUT2D eigenvalue weighted by molar-refractivity contribution is 1.10. The lowest BCUT2D eigenvalue weighted by atomic mass is 10.4. The second kappa shape index (κ2) is 4.27. The fraction of sp³-hybridized carbons (Fsp3) is 0.200. The summed E-state index contributed by atoms with van der Waals surface area (Å²) in [4.78, 5) is 9.48. The molecule has 0 bridgehead atoms. The predicted octanol–water partition coefficient (Wildman–Crippen LogP) is 2.04. The number of thiazole rings is 1. The Balaban J connectivity index is 1.96. The molecule has 15 heavy (non-hydrogen) atoms. The van der Waals surface area contributed by atoms with E-state index in [0.29, 0.717) is 5.82 Å². The van der Waals surface area contributed by atoms with Crippen molar-refractivity contribution in [2.45, 2.75) is 13.5 Å². The number of aryl methyl sites for hydroxylation is 1. The molecule has 0 aliphatic heterocycles. The molecule has 0 saturated heterocycles. The number of nitrogen functional groups attached to an aromatic ring is 1. The highest BCUT2D eigenvalue weighted by molar-refractivity contribution is 7.11. The van der Waals surface area contributed by atoms with Crippen LogP contribution in [0.5, 0.6) is 0 Å². The van der Waals surface area contributed by atoms with Crippen LogP contribution in [-0.2, 0) is 6.54 Å². The fourth-order valence-electron chi connectivity index (χ4n) is 1.17. The maximum Gasteiger partial charge on any atom is 0.123 e. The summed E-state index contributed by atoms with van der Waals surface area (Å²) in [5.41, 5.74) is 6.44. The third kappa shape index (κ3) is 2.66. The maximum absolute atomic E-state index is 5.49. The van der Waals surface area contributed by atoms with E-state index in [0.717, 1.165) is 17.2 Å². The zero-order valence-corrected chi connectivity index (χ0v) is 9.21. The van der Waals surface area contributed by atoms with Crippen molar-refractivity contribution in [2.75, 3.05) is 11.1 Å². The van der Waals surface area contributed by atoms with Gasteiger partial charge in [-0.25, -0.2) is 9.97 Å². The van der Waals surface area contributed by atoms with Crippen LogP contribution in [0.25, 0.3) is 0 Å². The Morgan fingerprint density at radius 1 is 1.33 bits per heavy atom. The van der Waals surface area contributed by atoms with Gasteiger partial charge in [-0.2, -0.15) is 0 Å². The quantitative estimate of drug-likeness (QED) is 0.830. The topological polar surface area (TPSA) is 63.8 Å². The standard InChI is InChI=1S/C10H12N4S/c1-7-4-14-10(15-7)6-12-8-2-3-9(11)13-5-8/h2-5,12H,6H2,1H3,(H2,11,13). The lowest BCUT2D eigenvalue weighted by Crippen LogP contribution is -1.99. The summed E-state index contributed by atoms with van der Waals surface area (Å²) in [6.45, 7) is 2.77. The Bertz CT molecular complexity index is 435. The second-order valence-corrected chi connectivity index (χ2v) is 4.51. The van der Waals surface area contributed by atoms with E-state index >= 15 is 0 Å². The van der Waals surface area contributed by atoms with Gasteiger partial charge in [0, 0.05) is 11.1 Å². The molecule has 0 aromatic carbocycles. The van der Waals surface area contributed by atoms with Gasteiger partial charge in [-0.1, -0.05) is 0 Å². The molecule has 2 aromatic rings. The third-order valence-electron chi connectivity index (χ3n) is 1.90. The van der Waals surface area contributed by atoms with Crippen LogP contribution in [0.1, 0.15) is 9.88 Å². The minimum absolute atomic E-state index is 0.533. The molecular formula is C10H12N4S. The van der Waals surface area contributed by atoms with E-state index in [1.165, 1.54) is 4.88 Å². The van der Waals surface area contributed by atoms with Crippen molar-refractivity contribution >= 4 is 22.8 Å². The normalized spacial score (nSPS) is 10.2. The zero-order valence-electron chi connectivity index (χ0n) is 8.40. The van der Waals surface area contributed by atoms with Crippen LogP contribution >= 0.6 is 11.3 Å². The van der Waals surface area contributed by atoms with Crippen LogP contribution in [-0.4, -0.2) is 9.97 Å². The Morgan fingerprint density at radius 3 is 2.80 bits per heavy atom. The van der Waals surface area contributed by atoms with Crippen molar-refractivity contribution in [1.29, 1.82) is 0 Å². The summed E-state index contributed by atoms with van der Waals surface area (Å²) in [7, 11) is 0. The van der Waals surface area contributed by atoms with Gasteiger partial charge in [0.1, 0.15) is 10.8 Å². The summed E-state index contributed by atoms with van der Waals surface area (Å²) in [5, 5.41) is 4.30. The Hall–Kier alpha value is -1.62. The van der Waals surface area contributed by atoms with E-state index < -0.39 is 0 Å². The first kappa shape index (κ1) is 9.92. The van der Waals surface area contributed by atoms with Crippen molar-refractivity contribution in [3.8, 4) is 0 Å². The molecule has 0 saturated carbocycles. The molecule has 3 N–H and O–H groups in total. The molecule has 2 rings (SSSR count). The van der Waals surface area contributed by atoms with Gasteiger partial charge in [0.05, 0.1) is 18.4 Å². The summed E-state index contributed by atoms with van der Waals surface area (Å²) in [6, 6.07) is 3.68. The molecule has 0 spiro atoms. The summed E-state index contributed by atoms with van der Waals surface area (Å²) < 4.78 is 0. The van der Waals surface area contributed by atoms with E-state index in [1.54, 1.807) is 23.6 Å². The Labute approximate surface area is 92.2 Å². The predicted molar refractivity (Wildman–Crippen MR) is 62.8 cm³/mol. The molecule has 5 heteroatoms. The minimum atomic E-state index is 0.533. The average Bonchev–Trinajstić information content (AvgIpc) is 2.64. The van der Waals surface area contributed by atoms with Gasteiger partial charge in [-0.3, -0.25) is 0 Å². The van der Waals surface area contributed by atoms with Crippen molar-refractivity contribution in [3.63, 3.8) is 0 Å². The number of nitrogens with zero attached hydrogens (tertiary/aromatic N) is 2. The molecule has 0 unspecified atom stereocenters. The summed E-state index contributed by atoms with van der Waals surface area (Å²) >= 11 is 1.69. The molecule has 78 valence electrons. The summed E-state index contributed by atoms with van der Waals surface area (Å²) in [6.07, 6.45) is 3.60. The van der Waals surface area contributed by atoms with E-state index in [9.17, 15) is 0 Å². The maximum atomic E-state index is 5.49. The smallest absolute Gasteiger partial charge is 0.123 e. The fourth-order valence-corrected chi connectivity index (χ4v) is 1.90. The largest absolute Gasteiger partial charge is 0.384 e. The lowest BCUT2D eigenvalue weighted by Gasteiger charge is -2.03. The highest BCUT2D eigenvalue weighted by Crippen LogP contribution is 2.13. The average molecular weight is 220 g/mol. The van der Waals surface area contributed by atoms with E-state index in [4.69, 9.17) is 5.73 Å². The monoisotopic (exact) mass is 220 g/mol. The van der Waals surface area contributed by atoms with Gasteiger partial charge < -0.3 is 11.1 Å². The van der Waals surface area contributed by atoms with Gasteiger partial charge in [-0.15, -0.1) is 11.3 Å². The minimum Gasteiger partial charge on any atom is -0.384 e. The number of anilines is 2. The van der Waals surface area contributed by atoms with Crippen LogP contribution in [0, 0.1) is 6.92 Å². The van der Waals surface area contributed by atoms with Crippen LogP contribution in [0.3, 0.4) is 0 Å². The molecule has 0 radical (unpaired) electrons. The van der Waals surface area contributed by atoms with Crippen molar-refractivity contribution in [1.82, 2.24) is 9.97 Å². The van der Waals surface area contributed by atoms with E-state index in [1.807, 2.05) is 19.2 Å². The first-order valence-electron chi connectivity index (χ1n) is 4.61. The molecule has 2 heterocycles. The van der Waals surface area contributed by atoms with Crippen LogP contribution in [0.2, 0.25) is 0 Å². The van der Waals surface area contributed by atoms with Crippen LogP contribution < -0.4 is 11.1 Å². The molecule has 2 aromatic heterocycles. The molecule has 0 fully saturated rings. The SMILES string of the molecule is Cc1cnc(CNc2ccc(N)nc2)s1. The van der Waals surface area contributed by atoms with Crippen molar-refractivity contribution in [3.05, 3.63) is 34.4 Å². The molecule has 0 amide bonds. The number of nitrogens with one attached hydrogen (secondary N) is 1. The van der Waals surface area contributed by atoms with Crippen molar-refractivity contribution in [2.24, 2.45) is 0 Å². The van der Waals surface area contributed by atoms with Gasteiger partial charge in [0.25, 0.3) is 0 Å². The van der Waals surface area contributed by atoms with E-state index in [-0.39, 0.29) is 0 Å². The first-order chi connectivity index (χ1) is 7.24. The number of hydrogen-bond donors (Lipinski definition) is 2. The Kier molecular flexibility index (Phi) is 2.82. The zero-order chi connectivity index (χ0) is 10.7. The number of rotatable bonds is 3. The highest BCUT2D eigenvalue weighted by Gasteiger charge is 1.98. The number of aromatic nitrogens is 2. The third-order valence-corrected chi connectivity index (χ3v) is 2.81. The Morgan fingerprint density at radius 2 is 2.20 bits per heavy atom. The highest BCUT2D eigenvalue weighted by atomic mass is 32.1. The van der Waals surface area contributed by atoms with Crippen LogP contribution in [0.15, 0.2) is 24.5 Å². The molecule has 0 aliphatic carbocycles. The van der Waals surface area contributed by atoms with Crippen LogP contribution in [0.4, 0.5) is 11.5 Å². The number of pyridine rings is 1. The summed E-state index contributed by atoms with van der Waals surface area (Å²) in [5.74, 6) is 0.533. The molecule has 4 nitrogen and oxygen atoms in total. The number of nitrogens with two attached hydrogens (primary N) is 1. The number of hydrogen-bond acceptors (Lipinski definition) is 5. The van der Waals surface area contributed by atoms with Gasteiger partial charge in [-0.05, 0) is 19.1 Å². The van der Waals surface area contributed by atoms with Gasteiger partial charge >= 0.3 is 0 Å².